The van der Waals surface area contributed by atoms with Crippen LogP contribution < -0.4 is 20.5 Å². The monoisotopic (exact) mass is 737 g/mol. The molecule has 12 nitrogen and oxygen atoms in total. The summed E-state index contributed by atoms with van der Waals surface area (Å²) in [5.41, 5.74) is 6.98. The second kappa shape index (κ2) is 15.8. The van der Waals surface area contributed by atoms with Gasteiger partial charge in [0, 0.05) is 60.8 Å². The van der Waals surface area contributed by atoms with E-state index in [4.69, 9.17) is 24.9 Å². The first-order chi connectivity index (χ1) is 26.0. The largest absolute Gasteiger partial charge is 0.497 e. The van der Waals surface area contributed by atoms with Gasteiger partial charge in [-0.1, -0.05) is 55.3 Å². The lowest BCUT2D eigenvalue weighted by molar-refractivity contribution is -0.149. The van der Waals surface area contributed by atoms with E-state index in [1.165, 1.54) is 0 Å². The third kappa shape index (κ3) is 7.94. The van der Waals surface area contributed by atoms with Gasteiger partial charge in [-0.05, 0) is 51.7 Å². The van der Waals surface area contributed by atoms with Gasteiger partial charge in [-0.2, -0.15) is 0 Å². The minimum Gasteiger partial charge on any atom is -0.497 e. The van der Waals surface area contributed by atoms with E-state index >= 15 is 0 Å². The summed E-state index contributed by atoms with van der Waals surface area (Å²) in [5.74, 6) is -1.02. The third-order valence-electron chi connectivity index (χ3n) is 11.3. The van der Waals surface area contributed by atoms with Gasteiger partial charge in [0.25, 0.3) is 0 Å². The molecule has 1 aliphatic carbocycles. The second-order valence-electron chi connectivity index (χ2n) is 15.4. The van der Waals surface area contributed by atoms with Crippen LogP contribution in [0.15, 0.2) is 66.7 Å². The van der Waals surface area contributed by atoms with E-state index in [0.717, 1.165) is 36.6 Å². The van der Waals surface area contributed by atoms with E-state index in [-0.39, 0.29) is 49.3 Å². The summed E-state index contributed by atoms with van der Waals surface area (Å²) in [6, 6.07) is 16.3. The van der Waals surface area contributed by atoms with Gasteiger partial charge in [0.2, 0.25) is 23.6 Å². The number of nitrogens with one attached hydrogen (secondary N) is 1. The molecule has 2 saturated heterocycles. The number of hydrogen-bond donors (Lipinski definition) is 2. The van der Waals surface area contributed by atoms with Crippen molar-refractivity contribution in [3.8, 4) is 22.8 Å². The molecule has 1 aromatic heterocycles. The summed E-state index contributed by atoms with van der Waals surface area (Å²) in [7, 11) is 1.60. The standard InChI is InChI=1S/C42H51N5O7/c1-26-23-46(24-27(2)53-26)38(48)18-29-14-8-5-4-6-11-15-30-22-42(30,41(43)51)45-39(49)36-20-32(25-47(36)40(29)50)54-37-21-34(28-12-9-7-10-13-28)44-35-19-31(52-3)16-17-33(35)37/h7,9-13,15-17,19,21,26-27,29-30,32,36H,4-6,8,14,18,20,22-25H2,1-3H3,(H2,43,51)(H,45,49)/b15-11-/t26?,27?,29-,30-,32-,36+,42-/m1/s1. The predicted octanol–water partition coefficient (Wildman–Crippen LogP) is 4.78. The van der Waals surface area contributed by atoms with Gasteiger partial charge >= 0.3 is 0 Å². The van der Waals surface area contributed by atoms with Gasteiger partial charge in [0.15, 0.2) is 0 Å². The van der Waals surface area contributed by atoms with Gasteiger partial charge in [-0.3, -0.25) is 19.2 Å². The highest BCUT2D eigenvalue weighted by atomic mass is 16.5. The molecule has 12 heteroatoms. The van der Waals surface area contributed by atoms with Crippen molar-refractivity contribution in [2.75, 3.05) is 26.7 Å². The number of carbonyl (C=O) groups excluding carboxylic acids is 4. The molecule has 2 unspecified atom stereocenters. The lowest BCUT2D eigenvalue weighted by Gasteiger charge is -2.36. The van der Waals surface area contributed by atoms with Gasteiger partial charge in [0.05, 0.1) is 37.1 Å². The van der Waals surface area contributed by atoms with Crippen molar-refractivity contribution >= 4 is 34.5 Å². The molecule has 2 aromatic carbocycles. The van der Waals surface area contributed by atoms with Crippen molar-refractivity contribution in [1.29, 1.82) is 0 Å². The molecule has 0 bridgehead atoms. The van der Waals surface area contributed by atoms with Crippen LogP contribution in [0.25, 0.3) is 22.2 Å². The van der Waals surface area contributed by atoms with Crippen molar-refractivity contribution in [2.45, 2.75) is 95.1 Å². The van der Waals surface area contributed by atoms with Crippen LogP contribution in [0.5, 0.6) is 11.5 Å². The Morgan fingerprint density at radius 1 is 1.02 bits per heavy atom. The number of methoxy groups -OCH3 is 1. The Bertz CT molecular complexity index is 1910. The molecule has 3 aliphatic heterocycles. The summed E-state index contributed by atoms with van der Waals surface area (Å²) in [4.78, 5) is 63.9. The number of carbonyl (C=O) groups is 4. The number of hydrogen-bond acceptors (Lipinski definition) is 8. The number of amides is 4. The molecule has 4 aliphatic rings. The van der Waals surface area contributed by atoms with E-state index in [2.05, 4.69) is 11.4 Å². The average Bonchev–Trinajstić information content (AvgIpc) is 3.70. The highest BCUT2D eigenvalue weighted by molar-refractivity contribution is 5.97. The lowest BCUT2D eigenvalue weighted by Crippen LogP contribution is -2.55. The molecular formula is C42H51N5O7. The summed E-state index contributed by atoms with van der Waals surface area (Å²) in [6.07, 6.45) is 7.79. The number of nitrogens with two attached hydrogens (primary N) is 1. The fraction of sp³-hybridized carbons (Fsp3) is 0.500. The van der Waals surface area contributed by atoms with Gasteiger partial charge in [0.1, 0.15) is 29.2 Å². The van der Waals surface area contributed by atoms with E-state index < -0.39 is 35.4 Å². The maximum absolute atomic E-state index is 14.7. The predicted molar refractivity (Wildman–Crippen MR) is 203 cm³/mol. The number of ether oxygens (including phenoxy) is 3. The molecule has 3 aromatic rings. The fourth-order valence-electron chi connectivity index (χ4n) is 8.38. The molecule has 3 fully saturated rings. The number of benzene rings is 2. The minimum absolute atomic E-state index is 0.0408. The fourth-order valence-corrected chi connectivity index (χ4v) is 8.38. The smallest absolute Gasteiger partial charge is 0.243 e. The summed E-state index contributed by atoms with van der Waals surface area (Å²) in [6.45, 7) is 4.95. The van der Waals surface area contributed by atoms with Crippen molar-refractivity contribution < 1.29 is 33.4 Å². The number of rotatable bonds is 7. The van der Waals surface area contributed by atoms with Crippen molar-refractivity contribution in [3.05, 3.63) is 66.7 Å². The average molecular weight is 738 g/mol. The van der Waals surface area contributed by atoms with Crippen molar-refractivity contribution in [2.24, 2.45) is 17.6 Å². The molecule has 7 atom stereocenters. The maximum Gasteiger partial charge on any atom is 0.243 e. The Balaban J connectivity index is 1.21. The summed E-state index contributed by atoms with van der Waals surface area (Å²) < 4.78 is 18.1. The van der Waals surface area contributed by atoms with Crippen LogP contribution in [-0.4, -0.2) is 95.0 Å². The zero-order chi connectivity index (χ0) is 38.0. The van der Waals surface area contributed by atoms with Crippen LogP contribution >= 0.6 is 0 Å². The van der Waals surface area contributed by atoms with Crippen LogP contribution in [0.4, 0.5) is 0 Å². The van der Waals surface area contributed by atoms with Crippen LogP contribution in [0.3, 0.4) is 0 Å². The van der Waals surface area contributed by atoms with Gasteiger partial charge < -0.3 is 35.1 Å². The molecule has 0 spiro atoms. The summed E-state index contributed by atoms with van der Waals surface area (Å²) >= 11 is 0. The van der Waals surface area contributed by atoms with E-state index in [0.29, 0.717) is 48.6 Å². The third-order valence-corrected chi connectivity index (χ3v) is 11.3. The Hall–Kier alpha value is -4.97. The number of morpholine rings is 1. The normalized spacial score (nSPS) is 29.6. The van der Waals surface area contributed by atoms with Crippen LogP contribution in [-0.2, 0) is 23.9 Å². The zero-order valence-electron chi connectivity index (χ0n) is 31.4. The van der Waals surface area contributed by atoms with Crippen molar-refractivity contribution in [1.82, 2.24) is 20.1 Å². The molecule has 1 saturated carbocycles. The van der Waals surface area contributed by atoms with Crippen LogP contribution in [0, 0.1) is 11.8 Å². The van der Waals surface area contributed by atoms with Crippen molar-refractivity contribution in [3.63, 3.8) is 0 Å². The first-order valence-corrected chi connectivity index (χ1v) is 19.3. The molecule has 286 valence electrons. The molecule has 4 heterocycles. The first-order valence-electron chi connectivity index (χ1n) is 19.3. The van der Waals surface area contributed by atoms with Gasteiger partial charge in [-0.25, -0.2) is 4.98 Å². The lowest BCUT2D eigenvalue weighted by atomic mass is 9.94. The van der Waals surface area contributed by atoms with Gasteiger partial charge in [-0.15, -0.1) is 0 Å². The number of allylic oxidation sites excluding steroid dienone is 1. The molecule has 0 radical (unpaired) electrons. The van der Waals surface area contributed by atoms with E-state index in [1.54, 1.807) is 16.9 Å². The zero-order valence-corrected chi connectivity index (χ0v) is 31.4. The number of pyridine rings is 1. The molecule has 3 N–H and O–H groups in total. The number of aromatic nitrogens is 1. The Morgan fingerprint density at radius 3 is 2.54 bits per heavy atom. The Morgan fingerprint density at radius 2 is 1.80 bits per heavy atom. The molecule has 4 amide bonds. The Kier molecular flexibility index (Phi) is 10.9. The topological polar surface area (TPSA) is 153 Å². The quantitative estimate of drug-likeness (QED) is 0.329. The second-order valence-corrected chi connectivity index (χ2v) is 15.4. The number of primary amides is 1. The molecule has 54 heavy (non-hydrogen) atoms. The molecule has 7 rings (SSSR count). The van der Waals surface area contributed by atoms with E-state index in [9.17, 15) is 19.2 Å². The minimum atomic E-state index is -1.20. The number of fused-ring (bicyclic) bond motifs is 3. The highest BCUT2D eigenvalue weighted by Crippen LogP contribution is 2.45. The van der Waals surface area contributed by atoms with Crippen LogP contribution in [0.1, 0.15) is 65.2 Å². The summed E-state index contributed by atoms with van der Waals surface area (Å²) in [5, 5.41) is 3.73. The highest BCUT2D eigenvalue weighted by Gasteiger charge is 2.60. The van der Waals surface area contributed by atoms with E-state index in [1.807, 2.05) is 74.5 Å². The SMILES string of the molecule is COc1ccc2c(O[C@@H]3C[C@H]4C(=O)N[C@]5(C(N)=O)C[C@H]5/C=C\CCCCC[C@H](CC(=O)N5CC(C)OC(C)C5)C(=O)N4C3)cc(-c3ccccc3)nc2c1. The maximum atomic E-state index is 14.7. The first kappa shape index (κ1) is 37.3. The van der Waals surface area contributed by atoms with Crippen LogP contribution in [0.2, 0.25) is 0 Å². The Labute approximate surface area is 316 Å². The number of nitrogens with zero attached hydrogens (tertiary/aromatic N) is 3. The molecular weight excluding hydrogens is 686 g/mol.